The molecular formula is C18H27Cl2NS. The van der Waals surface area contributed by atoms with Crippen molar-refractivity contribution >= 4 is 35.0 Å². The Labute approximate surface area is 149 Å². The maximum atomic E-state index is 6.06. The monoisotopic (exact) mass is 359 g/mol. The minimum absolute atomic E-state index is 0.640. The van der Waals surface area contributed by atoms with Crippen molar-refractivity contribution in [2.24, 2.45) is 5.92 Å². The van der Waals surface area contributed by atoms with Crippen LogP contribution in [0.5, 0.6) is 0 Å². The Morgan fingerprint density at radius 3 is 2.59 bits per heavy atom. The maximum absolute atomic E-state index is 6.06. The van der Waals surface area contributed by atoms with E-state index in [-0.39, 0.29) is 0 Å². The van der Waals surface area contributed by atoms with E-state index in [0.717, 1.165) is 5.92 Å². The minimum Gasteiger partial charge on any atom is -0.303 e. The lowest BCUT2D eigenvalue weighted by molar-refractivity contribution is 0.180. The molecule has 0 N–H and O–H groups in total. The molecule has 1 aliphatic rings. The fraction of sp³-hybridized carbons (Fsp3) is 0.667. The third-order valence-electron chi connectivity index (χ3n) is 4.47. The Morgan fingerprint density at radius 1 is 1.14 bits per heavy atom. The average Bonchev–Trinajstić information content (AvgIpc) is 2.53. The number of halogens is 2. The largest absolute Gasteiger partial charge is 0.303 e. The minimum atomic E-state index is 0.640. The molecule has 0 atom stereocenters. The highest BCUT2D eigenvalue weighted by molar-refractivity contribution is 7.99. The Balaban J connectivity index is 1.61. The van der Waals surface area contributed by atoms with Gasteiger partial charge in [-0.15, -0.1) is 11.8 Å². The van der Waals surface area contributed by atoms with Crippen LogP contribution in [0.1, 0.15) is 45.4 Å². The predicted molar refractivity (Wildman–Crippen MR) is 100 cm³/mol. The van der Waals surface area contributed by atoms with E-state index >= 15 is 0 Å². The number of hydrogen-bond donors (Lipinski definition) is 0. The molecular weight excluding hydrogens is 333 g/mol. The van der Waals surface area contributed by atoms with E-state index in [1.165, 1.54) is 68.8 Å². The molecule has 1 aliphatic heterocycles. The summed E-state index contributed by atoms with van der Waals surface area (Å²) in [6.45, 7) is 6.17. The van der Waals surface area contributed by atoms with Crippen LogP contribution in [0.15, 0.2) is 23.1 Å². The quantitative estimate of drug-likeness (QED) is 0.391. The number of thioether (sulfide) groups is 1. The summed E-state index contributed by atoms with van der Waals surface area (Å²) < 4.78 is 0. The third kappa shape index (κ3) is 6.31. The van der Waals surface area contributed by atoms with Crippen molar-refractivity contribution in [3.05, 3.63) is 28.2 Å². The second kappa shape index (κ2) is 10.1. The number of benzene rings is 1. The highest BCUT2D eigenvalue weighted by Crippen LogP contribution is 2.30. The molecule has 0 spiro atoms. The van der Waals surface area contributed by atoms with Crippen LogP contribution >= 0.6 is 35.0 Å². The summed E-state index contributed by atoms with van der Waals surface area (Å²) in [4.78, 5) is 3.88. The van der Waals surface area contributed by atoms with Gasteiger partial charge in [-0.2, -0.15) is 0 Å². The Hall–Kier alpha value is 0.110. The summed E-state index contributed by atoms with van der Waals surface area (Å²) in [6.07, 6.45) is 8.12. The summed E-state index contributed by atoms with van der Waals surface area (Å²) in [7, 11) is 0. The molecule has 4 heteroatoms. The molecule has 1 saturated heterocycles. The number of piperidine rings is 1. The number of unbranched alkanes of at least 4 members (excludes halogenated alkanes) is 2. The van der Waals surface area contributed by atoms with Crippen molar-refractivity contribution in [1.82, 2.24) is 4.90 Å². The standard InChI is InChI=1S/C18H27Cl2NS/c1-2-3-4-10-21-11-7-15(8-12-21)9-13-22-16-5-6-17(19)18(20)14-16/h5-6,14-15H,2-4,7-13H2,1H3. The van der Waals surface area contributed by atoms with Gasteiger partial charge in [0.25, 0.3) is 0 Å². The molecule has 0 saturated carbocycles. The van der Waals surface area contributed by atoms with Crippen molar-refractivity contribution in [1.29, 1.82) is 0 Å². The summed E-state index contributed by atoms with van der Waals surface area (Å²) >= 11 is 13.9. The Morgan fingerprint density at radius 2 is 1.91 bits per heavy atom. The molecule has 2 rings (SSSR count). The molecule has 124 valence electrons. The maximum Gasteiger partial charge on any atom is 0.0603 e. The van der Waals surface area contributed by atoms with Gasteiger partial charge >= 0.3 is 0 Å². The van der Waals surface area contributed by atoms with E-state index in [1.54, 1.807) is 0 Å². The van der Waals surface area contributed by atoms with Gasteiger partial charge in [0.2, 0.25) is 0 Å². The highest BCUT2D eigenvalue weighted by atomic mass is 35.5. The molecule has 0 unspecified atom stereocenters. The van der Waals surface area contributed by atoms with Crippen LogP contribution < -0.4 is 0 Å². The van der Waals surface area contributed by atoms with Crippen LogP contribution in [0.4, 0.5) is 0 Å². The first-order valence-electron chi connectivity index (χ1n) is 8.49. The number of rotatable bonds is 8. The molecule has 1 nitrogen and oxygen atoms in total. The molecule has 22 heavy (non-hydrogen) atoms. The number of nitrogens with zero attached hydrogens (tertiary/aromatic N) is 1. The van der Waals surface area contributed by atoms with Gasteiger partial charge in [0, 0.05) is 4.90 Å². The van der Waals surface area contributed by atoms with E-state index in [9.17, 15) is 0 Å². The molecule has 1 aromatic carbocycles. The van der Waals surface area contributed by atoms with Crippen molar-refractivity contribution in [2.75, 3.05) is 25.4 Å². The van der Waals surface area contributed by atoms with Gasteiger partial charge in [0.05, 0.1) is 10.0 Å². The highest BCUT2D eigenvalue weighted by Gasteiger charge is 2.18. The normalized spacial score (nSPS) is 17.0. The first-order chi connectivity index (χ1) is 10.7. The van der Waals surface area contributed by atoms with E-state index in [1.807, 2.05) is 23.9 Å². The lowest BCUT2D eigenvalue weighted by Gasteiger charge is -2.31. The van der Waals surface area contributed by atoms with Crippen molar-refractivity contribution in [3.8, 4) is 0 Å². The lowest BCUT2D eigenvalue weighted by atomic mass is 9.94. The van der Waals surface area contributed by atoms with Gasteiger partial charge in [0.15, 0.2) is 0 Å². The molecule has 0 bridgehead atoms. The second-order valence-electron chi connectivity index (χ2n) is 6.21. The van der Waals surface area contributed by atoms with Crippen LogP contribution in [0, 0.1) is 5.92 Å². The fourth-order valence-corrected chi connectivity index (χ4v) is 4.41. The van der Waals surface area contributed by atoms with Gasteiger partial charge in [-0.3, -0.25) is 0 Å². The van der Waals surface area contributed by atoms with Gasteiger partial charge in [-0.05, 0) is 75.2 Å². The Bertz CT molecular complexity index is 445. The van der Waals surface area contributed by atoms with Crippen molar-refractivity contribution in [3.63, 3.8) is 0 Å². The second-order valence-corrected chi connectivity index (χ2v) is 8.19. The summed E-state index contributed by atoms with van der Waals surface area (Å²) in [5, 5.41) is 1.30. The van der Waals surface area contributed by atoms with Gasteiger partial charge < -0.3 is 4.90 Å². The van der Waals surface area contributed by atoms with Crippen molar-refractivity contribution < 1.29 is 0 Å². The SMILES string of the molecule is CCCCCN1CCC(CCSc2ccc(Cl)c(Cl)c2)CC1. The van der Waals surface area contributed by atoms with Crippen LogP contribution in [-0.4, -0.2) is 30.3 Å². The summed E-state index contributed by atoms with van der Waals surface area (Å²) in [5.74, 6) is 2.08. The molecule has 0 aromatic heterocycles. The first-order valence-corrected chi connectivity index (χ1v) is 10.2. The van der Waals surface area contributed by atoms with E-state index in [2.05, 4.69) is 17.9 Å². The van der Waals surface area contributed by atoms with Gasteiger partial charge in [-0.25, -0.2) is 0 Å². The Kier molecular flexibility index (Phi) is 8.45. The predicted octanol–water partition coefficient (Wildman–Crippen LogP) is 6.38. The summed E-state index contributed by atoms with van der Waals surface area (Å²) in [6, 6.07) is 5.93. The molecule has 0 amide bonds. The smallest absolute Gasteiger partial charge is 0.0603 e. The molecule has 1 aromatic rings. The van der Waals surface area contributed by atoms with Gasteiger partial charge in [0.1, 0.15) is 0 Å². The zero-order chi connectivity index (χ0) is 15.8. The van der Waals surface area contributed by atoms with Crippen LogP contribution in [0.2, 0.25) is 10.0 Å². The van der Waals surface area contributed by atoms with Gasteiger partial charge in [-0.1, -0.05) is 43.0 Å². The molecule has 0 radical (unpaired) electrons. The lowest BCUT2D eigenvalue weighted by Crippen LogP contribution is -2.34. The number of likely N-dealkylation sites (tertiary alicyclic amines) is 1. The van der Waals surface area contributed by atoms with E-state index in [4.69, 9.17) is 23.2 Å². The zero-order valence-electron chi connectivity index (χ0n) is 13.5. The van der Waals surface area contributed by atoms with Crippen LogP contribution in [-0.2, 0) is 0 Å². The topological polar surface area (TPSA) is 3.24 Å². The fourth-order valence-electron chi connectivity index (χ4n) is 2.99. The molecule has 0 aliphatic carbocycles. The first kappa shape index (κ1) is 18.4. The summed E-state index contributed by atoms with van der Waals surface area (Å²) in [5.41, 5.74) is 0. The van der Waals surface area contributed by atoms with Crippen molar-refractivity contribution in [2.45, 2.75) is 50.3 Å². The third-order valence-corrected chi connectivity index (χ3v) is 6.24. The van der Waals surface area contributed by atoms with Crippen LogP contribution in [0.25, 0.3) is 0 Å². The van der Waals surface area contributed by atoms with E-state index < -0.39 is 0 Å². The van der Waals surface area contributed by atoms with Crippen LogP contribution in [0.3, 0.4) is 0 Å². The number of hydrogen-bond acceptors (Lipinski definition) is 2. The molecule has 1 heterocycles. The molecule has 1 fully saturated rings. The van der Waals surface area contributed by atoms with E-state index in [0.29, 0.717) is 10.0 Å². The zero-order valence-corrected chi connectivity index (χ0v) is 15.8. The average molecular weight is 360 g/mol.